The van der Waals surface area contributed by atoms with Crippen molar-refractivity contribution in [3.05, 3.63) is 77.1 Å². The molecule has 36 heavy (non-hydrogen) atoms. The van der Waals surface area contributed by atoms with Gasteiger partial charge in [-0.3, -0.25) is 0 Å². The number of aliphatic hydroxyl groups is 1. The molecule has 196 valence electrons. The molecule has 0 spiro atoms. The van der Waals surface area contributed by atoms with Crippen molar-refractivity contribution < 1.29 is 27.8 Å². The molecular formula is C30H37F3O3. The van der Waals surface area contributed by atoms with E-state index in [1.807, 2.05) is 0 Å². The van der Waals surface area contributed by atoms with Gasteiger partial charge in [0.25, 0.3) is 0 Å². The zero-order valence-electron chi connectivity index (χ0n) is 21.0. The van der Waals surface area contributed by atoms with Gasteiger partial charge in [0.1, 0.15) is 18.2 Å². The Morgan fingerprint density at radius 3 is 2.19 bits per heavy atom. The fraction of sp³-hybridized carbons (Fsp3) is 0.533. The molecule has 2 aliphatic rings. The molecule has 0 heterocycles. The van der Waals surface area contributed by atoms with E-state index in [1.165, 1.54) is 6.07 Å². The van der Waals surface area contributed by atoms with E-state index in [1.54, 1.807) is 37.3 Å². The third kappa shape index (κ3) is 6.33. The molecule has 3 nitrogen and oxygen atoms in total. The highest BCUT2D eigenvalue weighted by Crippen LogP contribution is 2.39. The molecule has 2 aromatic carbocycles. The maximum Gasteiger partial charge on any atom is 0.164 e. The minimum Gasteiger partial charge on any atom is -0.489 e. The van der Waals surface area contributed by atoms with Crippen LogP contribution >= 0.6 is 0 Å². The third-order valence-corrected chi connectivity index (χ3v) is 8.01. The second-order valence-electron chi connectivity index (χ2n) is 10.4. The Bertz CT molecular complexity index is 1020. The maximum absolute atomic E-state index is 14.9. The summed E-state index contributed by atoms with van der Waals surface area (Å²) >= 11 is 0. The first-order valence-corrected chi connectivity index (χ1v) is 13.2. The molecule has 2 aromatic rings. The van der Waals surface area contributed by atoms with Crippen LogP contribution in [0.4, 0.5) is 13.2 Å². The highest BCUT2D eigenvalue weighted by atomic mass is 19.2. The Hall–Kier alpha value is -2.31. The molecule has 1 unspecified atom stereocenters. The second kappa shape index (κ2) is 12.3. The van der Waals surface area contributed by atoms with Gasteiger partial charge in [-0.2, -0.15) is 0 Å². The maximum atomic E-state index is 14.9. The minimum absolute atomic E-state index is 0.0113. The Morgan fingerprint density at radius 1 is 0.917 bits per heavy atom. The predicted molar refractivity (Wildman–Crippen MR) is 135 cm³/mol. The standard InChI is InChI=1S/C30H37F3O3/c1-3-16-35-25-13-15-26(28(31)17-25)21-8-11-24(12-9-21)36-18-23-10-14-27(30(33)29(23)32)22-6-4-20(5-7-22)19(2)34/h3,10,13-15,17,19-22,24,34H,1,4-9,11-12,16,18H2,2H3. The van der Waals surface area contributed by atoms with Crippen LogP contribution < -0.4 is 4.74 Å². The highest BCUT2D eigenvalue weighted by molar-refractivity contribution is 5.32. The molecule has 0 saturated heterocycles. The zero-order valence-corrected chi connectivity index (χ0v) is 21.0. The average molecular weight is 503 g/mol. The van der Waals surface area contributed by atoms with E-state index in [-0.39, 0.29) is 47.9 Å². The van der Waals surface area contributed by atoms with E-state index in [9.17, 15) is 18.3 Å². The van der Waals surface area contributed by atoms with Crippen molar-refractivity contribution in [1.29, 1.82) is 0 Å². The lowest BCUT2D eigenvalue weighted by Crippen LogP contribution is -2.23. The Morgan fingerprint density at radius 2 is 1.56 bits per heavy atom. The van der Waals surface area contributed by atoms with Gasteiger partial charge in [0, 0.05) is 11.6 Å². The van der Waals surface area contributed by atoms with Crippen LogP contribution in [0.5, 0.6) is 5.75 Å². The lowest BCUT2D eigenvalue weighted by molar-refractivity contribution is 0.0116. The van der Waals surface area contributed by atoms with Crippen LogP contribution in [-0.2, 0) is 11.3 Å². The summed E-state index contributed by atoms with van der Waals surface area (Å²) in [4.78, 5) is 0. The molecule has 2 fully saturated rings. The molecule has 2 aliphatic carbocycles. The van der Waals surface area contributed by atoms with Crippen molar-refractivity contribution in [1.82, 2.24) is 0 Å². The van der Waals surface area contributed by atoms with Crippen LogP contribution in [-0.4, -0.2) is 23.9 Å². The average Bonchev–Trinajstić information content (AvgIpc) is 2.89. The van der Waals surface area contributed by atoms with E-state index >= 15 is 0 Å². The molecule has 1 N–H and O–H groups in total. The molecule has 0 aromatic heterocycles. The van der Waals surface area contributed by atoms with Crippen molar-refractivity contribution in [3.8, 4) is 5.75 Å². The van der Waals surface area contributed by atoms with Crippen LogP contribution in [0.15, 0.2) is 43.0 Å². The van der Waals surface area contributed by atoms with Gasteiger partial charge in [-0.15, -0.1) is 0 Å². The second-order valence-corrected chi connectivity index (χ2v) is 10.4. The summed E-state index contributed by atoms with van der Waals surface area (Å²) in [6, 6.07) is 8.33. The predicted octanol–water partition coefficient (Wildman–Crippen LogP) is 7.57. The first kappa shape index (κ1) is 26.7. The van der Waals surface area contributed by atoms with Crippen molar-refractivity contribution >= 4 is 0 Å². The molecule has 4 rings (SSSR count). The monoisotopic (exact) mass is 502 g/mol. The molecule has 6 heteroatoms. The summed E-state index contributed by atoms with van der Waals surface area (Å²) in [7, 11) is 0. The van der Waals surface area contributed by atoms with E-state index in [0.717, 1.165) is 51.4 Å². The first-order valence-electron chi connectivity index (χ1n) is 13.2. The van der Waals surface area contributed by atoms with Crippen molar-refractivity contribution in [2.75, 3.05) is 6.61 Å². The van der Waals surface area contributed by atoms with Crippen LogP contribution in [0.1, 0.15) is 86.8 Å². The van der Waals surface area contributed by atoms with E-state index < -0.39 is 11.6 Å². The molecule has 0 aliphatic heterocycles. The number of ether oxygens (including phenoxy) is 2. The van der Waals surface area contributed by atoms with Gasteiger partial charge in [0.2, 0.25) is 0 Å². The van der Waals surface area contributed by atoms with Crippen LogP contribution in [0.2, 0.25) is 0 Å². The van der Waals surface area contributed by atoms with Gasteiger partial charge in [-0.1, -0.05) is 30.9 Å². The summed E-state index contributed by atoms with van der Waals surface area (Å²) in [5.41, 5.74) is 1.35. The quantitative estimate of drug-likeness (QED) is 0.360. The van der Waals surface area contributed by atoms with Crippen LogP contribution in [0.3, 0.4) is 0 Å². The Balaban J connectivity index is 1.28. The van der Waals surface area contributed by atoms with Gasteiger partial charge >= 0.3 is 0 Å². The Kier molecular flexibility index (Phi) is 9.13. The largest absolute Gasteiger partial charge is 0.489 e. The van der Waals surface area contributed by atoms with Gasteiger partial charge in [-0.05, 0) is 93.2 Å². The number of hydrogen-bond acceptors (Lipinski definition) is 3. The number of halogens is 3. The van der Waals surface area contributed by atoms with Gasteiger partial charge < -0.3 is 14.6 Å². The Labute approximate surface area is 212 Å². The molecular weight excluding hydrogens is 465 g/mol. The SMILES string of the molecule is C=CCOc1ccc(C2CCC(OCc3ccc(C4CCC(C(C)O)CC4)c(F)c3F)CC2)c(F)c1. The van der Waals surface area contributed by atoms with Gasteiger partial charge in [0.15, 0.2) is 11.6 Å². The normalized spacial score (nSPS) is 25.4. The summed E-state index contributed by atoms with van der Waals surface area (Å²) in [6.45, 7) is 5.75. The molecule has 0 bridgehead atoms. The lowest BCUT2D eigenvalue weighted by atomic mass is 9.76. The molecule has 0 amide bonds. The fourth-order valence-corrected chi connectivity index (χ4v) is 5.78. The molecule has 2 saturated carbocycles. The zero-order chi connectivity index (χ0) is 25.7. The van der Waals surface area contributed by atoms with Gasteiger partial charge in [0.05, 0.1) is 18.8 Å². The first-order chi connectivity index (χ1) is 17.4. The molecule has 1 atom stereocenters. The van der Waals surface area contributed by atoms with E-state index in [2.05, 4.69) is 6.58 Å². The smallest absolute Gasteiger partial charge is 0.164 e. The third-order valence-electron chi connectivity index (χ3n) is 8.01. The van der Waals surface area contributed by atoms with Crippen molar-refractivity contribution in [2.45, 2.75) is 88.9 Å². The van der Waals surface area contributed by atoms with Crippen molar-refractivity contribution in [3.63, 3.8) is 0 Å². The number of rotatable bonds is 9. The summed E-state index contributed by atoms with van der Waals surface area (Å²) < 4.78 is 55.7. The topological polar surface area (TPSA) is 38.7 Å². The fourth-order valence-electron chi connectivity index (χ4n) is 5.78. The summed E-state index contributed by atoms with van der Waals surface area (Å²) in [5, 5.41) is 9.78. The minimum atomic E-state index is -0.820. The van der Waals surface area contributed by atoms with E-state index in [0.29, 0.717) is 23.5 Å². The number of benzene rings is 2. The van der Waals surface area contributed by atoms with Crippen LogP contribution in [0.25, 0.3) is 0 Å². The van der Waals surface area contributed by atoms with Crippen LogP contribution in [0, 0.1) is 23.4 Å². The number of aliphatic hydroxyl groups excluding tert-OH is 1. The van der Waals surface area contributed by atoms with Gasteiger partial charge in [-0.25, -0.2) is 13.2 Å². The molecule has 0 radical (unpaired) electrons. The van der Waals surface area contributed by atoms with E-state index in [4.69, 9.17) is 9.47 Å². The highest BCUT2D eigenvalue weighted by Gasteiger charge is 2.29. The van der Waals surface area contributed by atoms with Crippen molar-refractivity contribution in [2.24, 2.45) is 5.92 Å². The summed E-state index contributed by atoms with van der Waals surface area (Å²) in [6.07, 6.45) is 7.42. The summed E-state index contributed by atoms with van der Waals surface area (Å²) in [5.74, 6) is -1.03. The number of hydrogen-bond donors (Lipinski definition) is 1. The lowest BCUT2D eigenvalue weighted by Gasteiger charge is -2.31.